The topological polar surface area (TPSA) is 20.2 Å². The minimum atomic E-state index is -1.34. The molecule has 0 saturated carbocycles. The maximum absolute atomic E-state index is 13.6. The van der Waals surface area contributed by atoms with Crippen molar-refractivity contribution in [3.8, 4) is 11.8 Å². The van der Waals surface area contributed by atoms with Crippen LogP contribution in [0.2, 0.25) is 0 Å². The Labute approximate surface area is 105 Å². The monoisotopic (exact) mass is 238 g/mol. The van der Waals surface area contributed by atoms with Crippen LogP contribution in [0.4, 0.5) is 4.39 Å². The molecule has 3 rings (SSSR count). The molecule has 0 amide bonds. The summed E-state index contributed by atoms with van der Waals surface area (Å²) in [4.78, 5) is 0. The smallest absolute Gasteiger partial charge is 0.158 e. The van der Waals surface area contributed by atoms with E-state index in [1.165, 1.54) is 6.07 Å². The van der Waals surface area contributed by atoms with Crippen molar-refractivity contribution in [2.45, 2.75) is 12.0 Å². The molecule has 0 radical (unpaired) electrons. The highest BCUT2D eigenvalue weighted by molar-refractivity contribution is 5.51. The van der Waals surface area contributed by atoms with E-state index in [2.05, 4.69) is 11.8 Å². The highest BCUT2D eigenvalue weighted by Gasteiger charge is 2.42. The lowest BCUT2D eigenvalue weighted by Gasteiger charge is -2.35. The number of hydrogen-bond donors (Lipinski definition) is 1. The summed E-state index contributed by atoms with van der Waals surface area (Å²) >= 11 is 0. The molecule has 2 aromatic rings. The van der Waals surface area contributed by atoms with Gasteiger partial charge in [0.25, 0.3) is 0 Å². The first kappa shape index (κ1) is 11.0. The second kappa shape index (κ2) is 3.97. The normalized spacial score (nSPS) is 20.3. The second-order valence-electron chi connectivity index (χ2n) is 4.43. The molecule has 0 bridgehead atoms. The van der Waals surface area contributed by atoms with Crippen LogP contribution in [0.15, 0.2) is 48.5 Å². The summed E-state index contributed by atoms with van der Waals surface area (Å²) in [6.45, 7) is 0. The van der Waals surface area contributed by atoms with Gasteiger partial charge in [-0.1, -0.05) is 42.2 Å². The maximum atomic E-state index is 13.6. The maximum Gasteiger partial charge on any atom is 0.158 e. The van der Waals surface area contributed by atoms with Gasteiger partial charge in [-0.05, 0) is 23.8 Å². The second-order valence-corrected chi connectivity index (χ2v) is 4.43. The van der Waals surface area contributed by atoms with E-state index in [1.807, 2.05) is 36.4 Å². The summed E-state index contributed by atoms with van der Waals surface area (Å²) in [5.41, 5.74) is 0.639. The Balaban J connectivity index is 1.97. The molecule has 2 heteroatoms. The fraction of sp³-hybridized carbons (Fsp3) is 0.125. The van der Waals surface area contributed by atoms with E-state index in [0.717, 1.165) is 11.1 Å². The lowest BCUT2D eigenvalue weighted by atomic mass is 9.73. The Bertz CT molecular complexity index is 638. The predicted octanol–water partition coefficient (Wildman–Crippen LogP) is 2.62. The third-order valence-electron chi connectivity index (χ3n) is 3.15. The Kier molecular flexibility index (Phi) is 2.43. The average molecular weight is 238 g/mol. The van der Waals surface area contributed by atoms with Gasteiger partial charge in [-0.15, -0.1) is 0 Å². The Hall–Kier alpha value is -2.11. The van der Waals surface area contributed by atoms with E-state index in [-0.39, 0.29) is 5.82 Å². The predicted molar refractivity (Wildman–Crippen MR) is 67.3 cm³/mol. The van der Waals surface area contributed by atoms with Gasteiger partial charge in [0.15, 0.2) is 5.60 Å². The molecule has 0 spiro atoms. The third kappa shape index (κ3) is 1.70. The van der Waals surface area contributed by atoms with Crippen LogP contribution in [0.5, 0.6) is 0 Å². The molecule has 1 atom stereocenters. The third-order valence-corrected chi connectivity index (χ3v) is 3.15. The molecule has 0 saturated heterocycles. The molecule has 2 aromatic carbocycles. The summed E-state index contributed by atoms with van der Waals surface area (Å²) in [5.74, 6) is 5.28. The van der Waals surface area contributed by atoms with E-state index in [1.54, 1.807) is 6.07 Å². The molecule has 0 aromatic heterocycles. The van der Waals surface area contributed by atoms with Gasteiger partial charge >= 0.3 is 0 Å². The van der Waals surface area contributed by atoms with Crippen molar-refractivity contribution in [2.75, 3.05) is 0 Å². The van der Waals surface area contributed by atoms with Gasteiger partial charge in [-0.25, -0.2) is 4.39 Å². The van der Waals surface area contributed by atoms with E-state index < -0.39 is 5.60 Å². The quantitative estimate of drug-likeness (QED) is 0.699. The number of aliphatic hydroxyl groups is 1. The highest BCUT2D eigenvalue weighted by Crippen LogP contribution is 2.40. The van der Waals surface area contributed by atoms with Gasteiger partial charge < -0.3 is 5.11 Å². The zero-order chi connectivity index (χ0) is 12.6. The average Bonchev–Trinajstić information content (AvgIpc) is 2.36. The summed E-state index contributed by atoms with van der Waals surface area (Å²) in [7, 11) is 0. The van der Waals surface area contributed by atoms with Crippen LogP contribution in [-0.2, 0) is 12.0 Å². The zero-order valence-corrected chi connectivity index (χ0v) is 9.65. The molecule has 0 aliphatic heterocycles. The van der Waals surface area contributed by atoms with Gasteiger partial charge in [0.05, 0.1) is 0 Å². The molecule has 0 unspecified atom stereocenters. The van der Waals surface area contributed by atoms with Crippen LogP contribution < -0.4 is 0 Å². The van der Waals surface area contributed by atoms with Crippen LogP contribution in [-0.4, -0.2) is 5.11 Å². The van der Waals surface area contributed by atoms with Crippen LogP contribution in [0.1, 0.15) is 16.7 Å². The summed E-state index contributed by atoms with van der Waals surface area (Å²) in [6, 6.07) is 14.2. The van der Waals surface area contributed by atoms with Gasteiger partial charge in [0, 0.05) is 17.5 Å². The fourth-order valence-corrected chi connectivity index (χ4v) is 2.24. The van der Waals surface area contributed by atoms with Gasteiger partial charge in [0.2, 0.25) is 0 Å². The number of benzene rings is 2. The molecule has 18 heavy (non-hydrogen) atoms. The summed E-state index contributed by atoms with van der Waals surface area (Å²) in [6.07, 6.45) is 0.389. The molecule has 1 aliphatic rings. The molecular formula is C16H11FO. The first-order valence-electron chi connectivity index (χ1n) is 5.77. The first-order chi connectivity index (χ1) is 8.69. The van der Waals surface area contributed by atoms with Gasteiger partial charge in [-0.2, -0.15) is 0 Å². The van der Waals surface area contributed by atoms with Crippen molar-refractivity contribution < 1.29 is 9.50 Å². The van der Waals surface area contributed by atoms with Crippen molar-refractivity contribution in [1.82, 2.24) is 0 Å². The van der Waals surface area contributed by atoms with Gasteiger partial charge in [-0.3, -0.25) is 0 Å². The van der Waals surface area contributed by atoms with Crippen molar-refractivity contribution >= 4 is 0 Å². The zero-order valence-electron chi connectivity index (χ0n) is 9.65. The summed E-state index contributed by atoms with van der Waals surface area (Å²) in [5, 5.41) is 10.3. The van der Waals surface area contributed by atoms with E-state index in [9.17, 15) is 9.50 Å². The SMILES string of the molecule is O[C@@]1(C#Cc2ccccc2)Cc2cccc(F)c21. The minimum Gasteiger partial charge on any atom is -0.373 e. The lowest BCUT2D eigenvalue weighted by molar-refractivity contribution is 0.0705. The van der Waals surface area contributed by atoms with Crippen molar-refractivity contribution in [1.29, 1.82) is 0 Å². The molecule has 88 valence electrons. The molecule has 0 heterocycles. The largest absolute Gasteiger partial charge is 0.373 e. The van der Waals surface area contributed by atoms with Crippen LogP contribution in [0.3, 0.4) is 0 Å². The molecule has 1 aliphatic carbocycles. The Morgan fingerprint density at radius 3 is 2.56 bits per heavy atom. The molecular weight excluding hydrogens is 227 g/mol. The summed E-state index contributed by atoms with van der Waals surface area (Å²) < 4.78 is 13.6. The van der Waals surface area contributed by atoms with Gasteiger partial charge in [0.1, 0.15) is 5.82 Å². The number of hydrogen-bond acceptors (Lipinski definition) is 1. The number of halogens is 1. The van der Waals surface area contributed by atoms with Crippen LogP contribution in [0.25, 0.3) is 0 Å². The van der Waals surface area contributed by atoms with Crippen LogP contribution in [0, 0.1) is 17.7 Å². The van der Waals surface area contributed by atoms with E-state index in [0.29, 0.717) is 12.0 Å². The minimum absolute atomic E-state index is 0.327. The van der Waals surface area contributed by atoms with Crippen molar-refractivity contribution in [3.05, 3.63) is 71.0 Å². The number of fused-ring (bicyclic) bond motifs is 1. The number of rotatable bonds is 0. The fourth-order valence-electron chi connectivity index (χ4n) is 2.24. The standard InChI is InChI=1S/C16H11FO/c17-14-8-4-7-13-11-16(18,15(13)14)10-9-12-5-2-1-3-6-12/h1-8,18H,11H2/t16-/m0/s1. The van der Waals surface area contributed by atoms with E-state index >= 15 is 0 Å². The first-order valence-corrected chi connectivity index (χ1v) is 5.77. The lowest BCUT2D eigenvalue weighted by Crippen LogP contribution is -2.38. The van der Waals surface area contributed by atoms with E-state index in [4.69, 9.17) is 0 Å². The highest BCUT2D eigenvalue weighted by atomic mass is 19.1. The molecule has 1 N–H and O–H groups in total. The van der Waals surface area contributed by atoms with Crippen molar-refractivity contribution in [3.63, 3.8) is 0 Å². The van der Waals surface area contributed by atoms with Crippen molar-refractivity contribution in [2.24, 2.45) is 0 Å². The van der Waals surface area contributed by atoms with Crippen LogP contribution >= 0.6 is 0 Å². The Morgan fingerprint density at radius 2 is 1.83 bits per heavy atom. The molecule has 0 fully saturated rings. The Morgan fingerprint density at radius 1 is 1.06 bits per heavy atom. The molecule has 1 nitrogen and oxygen atoms in total.